The molecule has 2 amide bonds. The SMILES string of the molecule is C[C@H](Cc1ccsc1)NC(=O)N(Cc1ccccc1Cl)C1CC1. The molecule has 1 aromatic heterocycles. The highest BCUT2D eigenvalue weighted by Crippen LogP contribution is 2.30. The molecule has 23 heavy (non-hydrogen) atoms. The molecule has 5 heteroatoms. The van der Waals surface area contributed by atoms with Gasteiger partial charge in [-0.2, -0.15) is 11.3 Å². The van der Waals surface area contributed by atoms with Crippen LogP contribution in [0.5, 0.6) is 0 Å². The zero-order valence-electron chi connectivity index (χ0n) is 13.2. The molecular formula is C18H21ClN2OS. The van der Waals surface area contributed by atoms with Crippen molar-refractivity contribution >= 4 is 29.0 Å². The van der Waals surface area contributed by atoms with Crippen molar-refractivity contribution in [3.63, 3.8) is 0 Å². The molecule has 2 aromatic rings. The van der Waals surface area contributed by atoms with Gasteiger partial charge in [-0.25, -0.2) is 4.79 Å². The number of halogens is 1. The van der Waals surface area contributed by atoms with Crippen molar-refractivity contribution < 1.29 is 4.79 Å². The summed E-state index contributed by atoms with van der Waals surface area (Å²) in [6.07, 6.45) is 3.02. The summed E-state index contributed by atoms with van der Waals surface area (Å²) in [5, 5.41) is 8.04. The minimum Gasteiger partial charge on any atom is -0.335 e. The number of nitrogens with zero attached hydrogens (tertiary/aromatic N) is 1. The number of carbonyl (C=O) groups is 1. The molecule has 0 spiro atoms. The van der Waals surface area contributed by atoms with E-state index in [1.807, 2.05) is 29.2 Å². The minimum atomic E-state index is 0.00940. The number of hydrogen-bond acceptors (Lipinski definition) is 2. The Hall–Kier alpha value is -1.52. The first kappa shape index (κ1) is 16.3. The Kier molecular flexibility index (Phi) is 5.23. The lowest BCUT2D eigenvalue weighted by Gasteiger charge is -2.25. The van der Waals surface area contributed by atoms with Crippen molar-refractivity contribution in [2.75, 3.05) is 0 Å². The summed E-state index contributed by atoms with van der Waals surface area (Å²) in [7, 11) is 0. The maximum absolute atomic E-state index is 12.7. The number of nitrogens with one attached hydrogen (secondary N) is 1. The molecule has 1 heterocycles. The van der Waals surface area contributed by atoms with Crippen molar-refractivity contribution in [1.29, 1.82) is 0 Å². The van der Waals surface area contributed by atoms with E-state index in [1.54, 1.807) is 11.3 Å². The van der Waals surface area contributed by atoms with Crippen LogP contribution in [0.1, 0.15) is 30.9 Å². The summed E-state index contributed by atoms with van der Waals surface area (Å²) in [5.74, 6) is 0. The Morgan fingerprint density at radius 2 is 2.17 bits per heavy atom. The van der Waals surface area contributed by atoms with E-state index in [0.29, 0.717) is 12.6 Å². The maximum Gasteiger partial charge on any atom is 0.318 e. The Morgan fingerprint density at radius 1 is 1.39 bits per heavy atom. The number of benzene rings is 1. The highest BCUT2D eigenvalue weighted by Gasteiger charge is 2.33. The standard InChI is InChI=1S/C18H21ClN2OS/c1-13(10-14-8-9-23-12-14)20-18(22)21(16-6-7-16)11-15-4-2-3-5-17(15)19/h2-5,8-9,12-13,16H,6-7,10-11H2,1H3,(H,20,22)/t13-/m1/s1. The lowest BCUT2D eigenvalue weighted by Crippen LogP contribution is -2.45. The number of rotatable bonds is 6. The summed E-state index contributed by atoms with van der Waals surface area (Å²) >= 11 is 7.93. The number of carbonyl (C=O) groups excluding carboxylic acids is 1. The first-order chi connectivity index (χ1) is 11.1. The van der Waals surface area contributed by atoms with Crippen LogP contribution in [-0.4, -0.2) is 23.0 Å². The van der Waals surface area contributed by atoms with Crippen molar-refractivity contribution in [1.82, 2.24) is 10.2 Å². The highest BCUT2D eigenvalue weighted by atomic mass is 35.5. The third-order valence-electron chi connectivity index (χ3n) is 4.04. The Bertz CT molecular complexity index is 655. The van der Waals surface area contributed by atoms with Crippen molar-refractivity contribution in [3.05, 3.63) is 57.2 Å². The van der Waals surface area contributed by atoms with E-state index >= 15 is 0 Å². The van der Waals surface area contributed by atoms with Crippen LogP contribution in [0, 0.1) is 0 Å². The molecule has 0 bridgehead atoms. The van der Waals surface area contributed by atoms with Crippen molar-refractivity contribution in [2.24, 2.45) is 0 Å². The van der Waals surface area contributed by atoms with Gasteiger partial charge < -0.3 is 10.2 Å². The van der Waals surface area contributed by atoms with Gasteiger partial charge in [0.2, 0.25) is 0 Å². The fourth-order valence-electron chi connectivity index (χ4n) is 2.67. The lowest BCUT2D eigenvalue weighted by molar-refractivity contribution is 0.188. The maximum atomic E-state index is 12.7. The van der Waals surface area contributed by atoms with E-state index in [2.05, 4.69) is 29.1 Å². The topological polar surface area (TPSA) is 32.3 Å². The molecular weight excluding hydrogens is 328 g/mol. The summed E-state index contributed by atoms with van der Waals surface area (Å²) < 4.78 is 0. The number of urea groups is 1. The van der Waals surface area contributed by atoms with Gasteiger partial charge in [0, 0.05) is 23.7 Å². The molecule has 122 valence electrons. The van der Waals surface area contributed by atoms with Crippen LogP contribution in [-0.2, 0) is 13.0 Å². The molecule has 3 nitrogen and oxygen atoms in total. The quantitative estimate of drug-likeness (QED) is 0.805. The van der Waals surface area contributed by atoms with E-state index < -0.39 is 0 Å². The van der Waals surface area contributed by atoms with Crippen LogP contribution in [0.4, 0.5) is 4.79 Å². The van der Waals surface area contributed by atoms with Crippen molar-refractivity contribution in [3.8, 4) is 0 Å². The van der Waals surface area contributed by atoms with Crippen LogP contribution < -0.4 is 5.32 Å². The van der Waals surface area contributed by atoms with E-state index in [0.717, 1.165) is 29.8 Å². The van der Waals surface area contributed by atoms with Crippen LogP contribution in [0.25, 0.3) is 0 Å². The number of hydrogen-bond donors (Lipinski definition) is 1. The van der Waals surface area contributed by atoms with Crippen molar-refractivity contribution in [2.45, 2.75) is 44.8 Å². The fourth-order valence-corrected chi connectivity index (χ4v) is 3.55. The summed E-state index contributed by atoms with van der Waals surface area (Å²) in [6.45, 7) is 2.62. The van der Waals surface area contributed by atoms with Crippen LogP contribution >= 0.6 is 22.9 Å². The second-order valence-corrected chi connectivity index (χ2v) is 7.32. The zero-order valence-corrected chi connectivity index (χ0v) is 14.7. The van der Waals surface area contributed by atoms with E-state index in [9.17, 15) is 4.79 Å². The van der Waals surface area contributed by atoms with Crippen LogP contribution in [0.15, 0.2) is 41.1 Å². The first-order valence-electron chi connectivity index (χ1n) is 7.95. The predicted molar refractivity (Wildman–Crippen MR) is 96.0 cm³/mol. The Balaban J connectivity index is 1.61. The largest absolute Gasteiger partial charge is 0.335 e. The fraction of sp³-hybridized carbons (Fsp3) is 0.389. The second kappa shape index (κ2) is 7.37. The molecule has 1 aliphatic carbocycles. The molecule has 1 aliphatic rings. The Morgan fingerprint density at radius 3 is 2.83 bits per heavy atom. The molecule has 0 radical (unpaired) electrons. The van der Waals surface area contributed by atoms with E-state index in [4.69, 9.17) is 11.6 Å². The van der Waals surface area contributed by atoms with E-state index in [1.165, 1.54) is 5.56 Å². The smallest absolute Gasteiger partial charge is 0.318 e. The normalized spacial score (nSPS) is 15.2. The average Bonchev–Trinajstić information content (AvgIpc) is 3.23. The molecule has 0 unspecified atom stereocenters. The van der Waals surface area contributed by atoms with Gasteiger partial charge in [0.05, 0.1) is 0 Å². The Labute approximate surface area is 146 Å². The molecule has 1 aromatic carbocycles. The molecule has 3 rings (SSSR count). The molecule has 1 fully saturated rings. The summed E-state index contributed by atoms with van der Waals surface area (Å²) in [6, 6.07) is 10.3. The molecule has 0 saturated heterocycles. The van der Waals surface area contributed by atoms with E-state index in [-0.39, 0.29) is 12.1 Å². The van der Waals surface area contributed by atoms with Crippen LogP contribution in [0.2, 0.25) is 5.02 Å². The minimum absolute atomic E-state index is 0.00940. The monoisotopic (exact) mass is 348 g/mol. The lowest BCUT2D eigenvalue weighted by atomic mass is 10.1. The third kappa shape index (κ3) is 4.49. The molecule has 1 saturated carbocycles. The van der Waals surface area contributed by atoms with Gasteiger partial charge in [-0.15, -0.1) is 0 Å². The van der Waals surface area contributed by atoms with Gasteiger partial charge in [0.1, 0.15) is 0 Å². The van der Waals surface area contributed by atoms with Gasteiger partial charge in [-0.3, -0.25) is 0 Å². The van der Waals surface area contributed by atoms with Gasteiger partial charge >= 0.3 is 6.03 Å². The van der Waals surface area contributed by atoms with Gasteiger partial charge in [0.25, 0.3) is 0 Å². The highest BCUT2D eigenvalue weighted by molar-refractivity contribution is 7.07. The van der Waals surface area contributed by atoms with Crippen LogP contribution in [0.3, 0.4) is 0 Å². The molecule has 0 aliphatic heterocycles. The number of amides is 2. The number of thiophene rings is 1. The third-order valence-corrected chi connectivity index (χ3v) is 5.14. The average molecular weight is 349 g/mol. The molecule has 1 N–H and O–H groups in total. The summed E-state index contributed by atoms with van der Waals surface area (Å²) in [5.41, 5.74) is 2.27. The summed E-state index contributed by atoms with van der Waals surface area (Å²) in [4.78, 5) is 14.6. The van der Waals surface area contributed by atoms with Gasteiger partial charge in [-0.05, 0) is 60.2 Å². The predicted octanol–water partition coefficient (Wildman–Crippen LogP) is 4.71. The first-order valence-corrected chi connectivity index (χ1v) is 9.27. The molecule has 1 atom stereocenters. The zero-order chi connectivity index (χ0) is 16.2. The second-order valence-electron chi connectivity index (χ2n) is 6.14. The van der Waals surface area contributed by atoms with Gasteiger partial charge in [0.15, 0.2) is 0 Å². The van der Waals surface area contributed by atoms with Gasteiger partial charge in [-0.1, -0.05) is 29.8 Å².